The molecule has 0 aliphatic carbocycles. The van der Waals surface area contributed by atoms with E-state index in [4.69, 9.17) is 0 Å². The molecule has 3 nitrogen and oxygen atoms in total. The predicted molar refractivity (Wildman–Crippen MR) is 84.0 cm³/mol. The van der Waals surface area contributed by atoms with Crippen LogP contribution < -0.4 is 0 Å². The molecule has 1 aromatic rings. The third-order valence-corrected chi connectivity index (χ3v) is 4.27. The molecule has 0 N–H and O–H groups in total. The van der Waals surface area contributed by atoms with Crippen LogP contribution in [0.5, 0.6) is 0 Å². The van der Waals surface area contributed by atoms with E-state index in [0.717, 1.165) is 35.3 Å². The molecule has 1 amide bonds. The van der Waals surface area contributed by atoms with Gasteiger partial charge in [0.05, 0.1) is 5.56 Å². The first-order chi connectivity index (χ1) is 8.99. The van der Waals surface area contributed by atoms with E-state index in [1.165, 1.54) is 0 Å². The Bertz CT molecular complexity index is 479. The minimum absolute atomic E-state index is 0.0989. The molecule has 0 saturated carbocycles. The number of halogens is 1. The fraction of sp³-hybridized carbons (Fsp3) is 0.500. The molecule has 1 saturated heterocycles. The van der Waals surface area contributed by atoms with E-state index in [9.17, 15) is 4.79 Å². The molecule has 1 fully saturated rings. The van der Waals surface area contributed by atoms with Crippen LogP contribution >= 0.6 is 28.6 Å². The lowest BCUT2D eigenvalue weighted by molar-refractivity contribution is 0.0713. The molecule has 1 unspecified atom stereocenters. The van der Waals surface area contributed by atoms with Gasteiger partial charge in [-0.3, -0.25) is 4.79 Å². The number of thiol groups is 1. The van der Waals surface area contributed by atoms with Crippen molar-refractivity contribution >= 4 is 34.5 Å². The monoisotopic (exact) mass is 342 g/mol. The van der Waals surface area contributed by atoms with Crippen molar-refractivity contribution in [3.63, 3.8) is 0 Å². The molecule has 0 aromatic heterocycles. The second kappa shape index (κ2) is 6.29. The summed E-state index contributed by atoms with van der Waals surface area (Å²) in [6.07, 6.45) is 2.17. The van der Waals surface area contributed by atoms with Gasteiger partial charge in [0.1, 0.15) is 0 Å². The van der Waals surface area contributed by atoms with Crippen molar-refractivity contribution < 1.29 is 4.79 Å². The standard InChI is InChI=1S/C14H19BrN2OS/c1-16(2)9-11-4-3-7-17(11)14(18)12-6-5-10(15)8-13(12)19/h5-6,8,11,19H,3-4,7,9H2,1-2H3. The first kappa shape index (κ1) is 14.9. The molecule has 0 spiro atoms. The van der Waals surface area contributed by atoms with Crippen LogP contribution in [0.4, 0.5) is 0 Å². The fourth-order valence-corrected chi connectivity index (χ4v) is 3.40. The summed E-state index contributed by atoms with van der Waals surface area (Å²) in [5.74, 6) is 0.0989. The molecule has 0 bridgehead atoms. The van der Waals surface area contributed by atoms with Gasteiger partial charge in [0, 0.05) is 28.5 Å². The minimum Gasteiger partial charge on any atom is -0.334 e. The SMILES string of the molecule is CN(C)CC1CCCN1C(=O)c1ccc(Br)cc1S. The van der Waals surface area contributed by atoms with Crippen molar-refractivity contribution in [2.24, 2.45) is 0 Å². The van der Waals surface area contributed by atoms with Crippen molar-refractivity contribution in [3.8, 4) is 0 Å². The maximum atomic E-state index is 12.6. The zero-order valence-electron chi connectivity index (χ0n) is 11.3. The number of carbonyl (C=O) groups is 1. The third-order valence-electron chi connectivity index (χ3n) is 3.40. The average Bonchev–Trinajstić information content (AvgIpc) is 2.75. The van der Waals surface area contributed by atoms with Gasteiger partial charge in [-0.05, 0) is 45.1 Å². The molecular weight excluding hydrogens is 324 g/mol. The summed E-state index contributed by atoms with van der Waals surface area (Å²) in [6.45, 7) is 1.77. The highest BCUT2D eigenvalue weighted by molar-refractivity contribution is 9.10. The number of likely N-dealkylation sites (N-methyl/N-ethyl adjacent to an activating group) is 1. The number of rotatable bonds is 3. The second-order valence-electron chi connectivity index (χ2n) is 5.22. The van der Waals surface area contributed by atoms with Crippen molar-refractivity contribution in [3.05, 3.63) is 28.2 Å². The van der Waals surface area contributed by atoms with Gasteiger partial charge < -0.3 is 9.80 Å². The van der Waals surface area contributed by atoms with E-state index < -0.39 is 0 Å². The summed E-state index contributed by atoms with van der Waals surface area (Å²) in [6, 6.07) is 5.93. The largest absolute Gasteiger partial charge is 0.334 e. The summed E-state index contributed by atoms with van der Waals surface area (Å²) in [7, 11) is 4.09. The lowest BCUT2D eigenvalue weighted by Gasteiger charge is -2.27. The first-order valence-electron chi connectivity index (χ1n) is 6.43. The Hall–Kier alpha value is -0.520. The zero-order valence-corrected chi connectivity index (χ0v) is 13.7. The zero-order chi connectivity index (χ0) is 14.0. The van der Waals surface area contributed by atoms with Crippen LogP contribution in [-0.2, 0) is 0 Å². The molecular formula is C14H19BrN2OS. The predicted octanol–water partition coefficient (Wildman–Crippen LogP) is 2.90. The highest BCUT2D eigenvalue weighted by Crippen LogP contribution is 2.25. The van der Waals surface area contributed by atoms with E-state index in [0.29, 0.717) is 11.6 Å². The van der Waals surface area contributed by atoms with Gasteiger partial charge >= 0.3 is 0 Å². The number of hydrogen-bond acceptors (Lipinski definition) is 3. The van der Waals surface area contributed by atoms with Gasteiger partial charge in [-0.25, -0.2) is 0 Å². The Labute approximate surface area is 128 Å². The van der Waals surface area contributed by atoms with Crippen molar-refractivity contribution in [2.45, 2.75) is 23.8 Å². The first-order valence-corrected chi connectivity index (χ1v) is 7.67. The summed E-state index contributed by atoms with van der Waals surface area (Å²) in [4.78, 5) is 17.5. The van der Waals surface area contributed by atoms with Gasteiger partial charge in [-0.15, -0.1) is 12.6 Å². The van der Waals surface area contributed by atoms with Crippen LogP contribution in [0, 0.1) is 0 Å². The molecule has 0 radical (unpaired) electrons. The molecule has 1 aliphatic rings. The van der Waals surface area contributed by atoms with E-state index in [2.05, 4.69) is 33.5 Å². The molecule has 1 atom stereocenters. The summed E-state index contributed by atoms with van der Waals surface area (Å²) < 4.78 is 0.945. The smallest absolute Gasteiger partial charge is 0.255 e. The lowest BCUT2D eigenvalue weighted by atomic mass is 10.1. The highest BCUT2D eigenvalue weighted by Gasteiger charge is 2.30. The molecule has 5 heteroatoms. The topological polar surface area (TPSA) is 23.6 Å². The normalized spacial score (nSPS) is 19.2. The lowest BCUT2D eigenvalue weighted by Crippen LogP contribution is -2.41. The average molecular weight is 343 g/mol. The molecule has 1 aromatic carbocycles. The van der Waals surface area contributed by atoms with Crippen LogP contribution in [-0.4, -0.2) is 48.9 Å². The molecule has 1 heterocycles. The van der Waals surface area contributed by atoms with Crippen LogP contribution in [0.3, 0.4) is 0 Å². The Morgan fingerprint density at radius 2 is 2.26 bits per heavy atom. The number of amides is 1. The maximum absolute atomic E-state index is 12.6. The molecule has 104 valence electrons. The quantitative estimate of drug-likeness (QED) is 0.853. The van der Waals surface area contributed by atoms with Gasteiger partial charge in [0.15, 0.2) is 0 Å². The summed E-state index contributed by atoms with van der Waals surface area (Å²) in [5.41, 5.74) is 0.692. The van der Waals surface area contributed by atoms with Gasteiger partial charge in [-0.1, -0.05) is 15.9 Å². The number of carbonyl (C=O) groups excluding carboxylic acids is 1. The summed E-state index contributed by atoms with van der Waals surface area (Å²) >= 11 is 7.80. The minimum atomic E-state index is 0.0989. The van der Waals surface area contributed by atoms with Crippen LogP contribution in [0.1, 0.15) is 23.2 Å². The van der Waals surface area contributed by atoms with Crippen molar-refractivity contribution in [2.75, 3.05) is 27.2 Å². The van der Waals surface area contributed by atoms with Crippen LogP contribution in [0.25, 0.3) is 0 Å². The fourth-order valence-electron chi connectivity index (χ4n) is 2.55. The van der Waals surface area contributed by atoms with Gasteiger partial charge in [0.25, 0.3) is 5.91 Å². The van der Waals surface area contributed by atoms with Crippen molar-refractivity contribution in [1.29, 1.82) is 0 Å². The Kier molecular flexibility index (Phi) is 4.92. The Morgan fingerprint density at radius 3 is 2.89 bits per heavy atom. The second-order valence-corrected chi connectivity index (χ2v) is 6.62. The molecule has 2 rings (SSSR count). The Balaban J connectivity index is 2.18. The van der Waals surface area contributed by atoms with Crippen LogP contribution in [0.15, 0.2) is 27.6 Å². The van der Waals surface area contributed by atoms with E-state index in [1.54, 1.807) is 0 Å². The molecule has 19 heavy (non-hydrogen) atoms. The number of nitrogens with zero attached hydrogens (tertiary/aromatic N) is 2. The van der Waals surface area contributed by atoms with Crippen LogP contribution in [0.2, 0.25) is 0 Å². The number of benzene rings is 1. The highest BCUT2D eigenvalue weighted by atomic mass is 79.9. The number of likely N-dealkylation sites (tertiary alicyclic amines) is 1. The third kappa shape index (κ3) is 3.52. The van der Waals surface area contributed by atoms with Gasteiger partial charge in [-0.2, -0.15) is 0 Å². The van der Waals surface area contributed by atoms with E-state index in [1.807, 2.05) is 37.2 Å². The Morgan fingerprint density at radius 1 is 1.53 bits per heavy atom. The van der Waals surface area contributed by atoms with Gasteiger partial charge in [0.2, 0.25) is 0 Å². The maximum Gasteiger partial charge on any atom is 0.255 e. The van der Waals surface area contributed by atoms with E-state index in [-0.39, 0.29) is 5.91 Å². The number of hydrogen-bond donors (Lipinski definition) is 1. The van der Waals surface area contributed by atoms with E-state index >= 15 is 0 Å². The summed E-state index contributed by atoms with van der Waals surface area (Å²) in [5, 5.41) is 0. The molecule has 1 aliphatic heterocycles. The van der Waals surface area contributed by atoms with Crippen molar-refractivity contribution in [1.82, 2.24) is 9.80 Å².